The smallest absolute Gasteiger partial charge is 0.335 e. The van der Waals surface area contributed by atoms with Crippen LogP contribution in [0.4, 0.5) is 5.82 Å². The fourth-order valence-electron chi connectivity index (χ4n) is 4.00. The summed E-state index contributed by atoms with van der Waals surface area (Å²) in [5.41, 5.74) is 0.900. The van der Waals surface area contributed by atoms with Crippen molar-refractivity contribution in [3.63, 3.8) is 0 Å². The second-order valence-electron chi connectivity index (χ2n) is 7.99. The van der Waals surface area contributed by atoms with Gasteiger partial charge in [-0.25, -0.2) is 4.79 Å². The van der Waals surface area contributed by atoms with Gasteiger partial charge in [-0.2, -0.15) is 0 Å². The normalized spacial score (nSPS) is 23.7. The summed E-state index contributed by atoms with van der Waals surface area (Å²) in [6.45, 7) is 4.61. The number of H-pyrrole nitrogens is 1. The molecule has 1 fully saturated rings. The molecule has 0 saturated carbocycles. The SMILES string of the molecule is CC1(C)C[C@H](n2[nH]c(=O)c3c2NC(=O)CS[C@H]3c2ccc(C(=O)O)cc2)CCO1. The molecule has 2 aliphatic rings. The highest BCUT2D eigenvalue weighted by Gasteiger charge is 2.36. The molecule has 0 spiro atoms. The number of carbonyl (C=O) groups is 2. The number of carboxylic acids is 1. The molecule has 0 unspecified atom stereocenters. The molecule has 4 rings (SSSR count). The third kappa shape index (κ3) is 3.84. The number of anilines is 1. The van der Waals surface area contributed by atoms with E-state index in [2.05, 4.69) is 10.4 Å². The van der Waals surface area contributed by atoms with E-state index in [4.69, 9.17) is 9.84 Å². The average Bonchev–Trinajstić information content (AvgIpc) is 2.87. The van der Waals surface area contributed by atoms with Gasteiger partial charge in [-0.15, -0.1) is 11.8 Å². The Balaban J connectivity index is 1.77. The van der Waals surface area contributed by atoms with Gasteiger partial charge in [0.25, 0.3) is 5.56 Å². The minimum Gasteiger partial charge on any atom is -0.478 e. The fraction of sp³-hybridized carbons (Fsp3) is 0.450. The van der Waals surface area contributed by atoms with Gasteiger partial charge in [-0.3, -0.25) is 19.4 Å². The molecule has 154 valence electrons. The molecule has 0 bridgehead atoms. The van der Waals surface area contributed by atoms with Crippen molar-refractivity contribution in [2.45, 2.75) is 43.6 Å². The first-order chi connectivity index (χ1) is 13.7. The molecular formula is C20H23N3O5S. The van der Waals surface area contributed by atoms with Crippen LogP contribution in [0, 0.1) is 0 Å². The number of aromatic nitrogens is 2. The molecule has 29 heavy (non-hydrogen) atoms. The molecule has 1 amide bonds. The summed E-state index contributed by atoms with van der Waals surface area (Å²) in [6, 6.07) is 6.45. The van der Waals surface area contributed by atoms with Crippen molar-refractivity contribution < 1.29 is 19.4 Å². The van der Waals surface area contributed by atoms with Crippen molar-refractivity contribution >= 4 is 29.5 Å². The summed E-state index contributed by atoms with van der Waals surface area (Å²) in [6.07, 6.45) is 1.45. The van der Waals surface area contributed by atoms with Gasteiger partial charge in [-0.05, 0) is 44.4 Å². The molecule has 0 radical (unpaired) electrons. The topological polar surface area (TPSA) is 113 Å². The van der Waals surface area contributed by atoms with Crippen LogP contribution >= 0.6 is 11.8 Å². The number of hydrogen-bond donors (Lipinski definition) is 3. The van der Waals surface area contributed by atoms with E-state index < -0.39 is 5.97 Å². The van der Waals surface area contributed by atoms with Crippen molar-refractivity contribution in [3.8, 4) is 0 Å². The van der Waals surface area contributed by atoms with Gasteiger partial charge in [0.1, 0.15) is 5.82 Å². The lowest BCUT2D eigenvalue weighted by Crippen LogP contribution is -2.36. The summed E-state index contributed by atoms with van der Waals surface area (Å²) in [5.74, 6) is -0.465. The van der Waals surface area contributed by atoms with E-state index in [1.54, 1.807) is 16.8 Å². The second kappa shape index (κ2) is 7.38. The van der Waals surface area contributed by atoms with Crippen molar-refractivity contribution in [1.29, 1.82) is 0 Å². The number of carbonyl (C=O) groups excluding carboxylic acids is 1. The Labute approximate surface area is 171 Å². The lowest BCUT2D eigenvalue weighted by atomic mass is 9.94. The molecule has 2 atom stereocenters. The molecule has 9 heteroatoms. The maximum atomic E-state index is 12.9. The van der Waals surface area contributed by atoms with E-state index in [0.29, 0.717) is 24.4 Å². The van der Waals surface area contributed by atoms with Crippen LogP contribution in [0.1, 0.15) is 59.5 Å². The predicted octanol–water partition coefficient (Wildman–Crippen LogP) is 2.78. The van der Waals surface area contributed by atoms with Gasteiger partial charge in [0.15, 0.2) is 0 Å². The first-order valence-corrected chi connectivity index (χ1v) is 10.5. The number of benzene rings is 1. The number of amides is 1. The molecule has 3 heterocycles. The third-order valence-corrected chi connectivity index (χ3v) is 6.63. The molecular weight excluding hydrogens is 394 g/mol. The van der Waals surface area contributed by atoms with E-state index in [1.807, 2.05) is 13.8 Å². The number of rotatable bonds is 3. The zero-order valence-corrected chi connectivity index (χ0v) is 17.0. The van der Waals surface area contributed by atoms with Crippen LogP contribution in [-0.2, 0) is 9.53 Å². The Morgan fingerprint density at radius 2 is 2.00 bits per heavy atom. The third-order valence-electron chi connectivity index (χ3n) is 5.36. The standard InChI is InChI=1S/C20H23N3O5S/c1-20(2)9-13(7-8-28-20)23-17-15(18(25)22-23)16(29-10-14(24)21-17)11-3-5-12(6-4-11)19(26)27/h3-6,13,16H,7-10H2,1-2H3,(H,21,24)(H,22,25)(H,26,27)/t13-,16+/m1/s1. The lowest BCUT2D eigenvalue weighted by molar-refractivity contribution is -0.113. The second-order valence-corrected chi connectivity index (χ2v) is 9.09. The summed E-state index contributed by atoms with van der Waals surface area (Å²) >= 11 is 1.36. The molecule has 0 aliphatic carbocycles. The van der Waals surface area contributed by atoms with Gasteiger partial charge >= 0.3 is 5.97 Å². The van der Waals surface area contributed by atoms with Gasteiger partial charge in [0.2, 0.25) is 5.91 Å². The average molecular weight is 417 g/mol. The quantitative estimate of drug-likeness (QED) is 0.708. The van der Waals surface area contributed by atoms with E-state index in [0.717, 1.165) is 12.0 Å². The lowest BCUT2D eigenvalue weighted by Gasteiger charge is -2.36. The van der Waals surface area contributed by atoms with Gasteiger partial charge in [-0.1, -0.05) is 12.1 Å². The number of carboxylic acid groups (broad SMARTS) is 1. The van der Waals surface area contributed by atoms with Gasteiger partial charge < -0.3 is 15.2 Å². The number of hydrogen-bond acceptors (Lipinski definition) is 5. The fourth-order valence-corrected chi connectivity index (χ4v) is 5.13. The molecule has 8 nitrogen and oxygen atoms in total. The number of aromatic amines is 1. The Hall–Kier alpha value is -2.52. The highest BCUT2D eigenvalue weighted by molar-refractivity contribution is 8.00. The van der Waals surface area contributed by atoms with Crippen LogP contribution in [-0.4, -0.2) is 44.7 Å². The summed E-state index contributed by atoms with van der Waals surface area (Å²) in [4.78, 5) is 36.5. The van der Waals surface area contributed by atoms with Crippen molar-refractivity contribution in [2.24, 2.45) is 0 Å². The largest absolute Gasteiger partial charge is 0.478 e. The zero-order chi connectivity index (χ0) is 20.8. The Kier molecular flexibility index (Phi) is 5.04. The van der Waals surface area contributed by atoms with Gasteiger partial charge in [0, 0.05) is 6.61 Å². The van der Waals surface area contributed by atoms with Crippen molar-refractivity contribution in [2.75, 3.05) is 17.7 Å². The maximum Gasteiger partial charge on any atom is 0.335 e. The zero-order valence-electron chi connectivity index (χ0n) is 16.2. The highest BCUT2D eigenvalue weighted by atomic mass is 32.2. The minimum absolute atomic E-state index is 0.00800. The first kappa shape index (κ1) is 19.8. The van der Waals surface area contributed by atoms with Gasteiger partial charge in [0.05, 0.1) is 33.8 Å². The number of nitrogens with zero attached hydrogens (tertiary/aromatic N) is 1. The van der Waals surface area contributed by atoms with E-state index >= 15 is 0 Å². The Bertz CT molecular complexity index is 1010. The maximum absolute atomic E-state index is 12.9. The van der Waals surface area contributed by atoms with Crippen LogP contribution in [0.2, 0.25) is 0 Å². The first-order valence-electron chi connectivity index (χ1n) is 9.48. The van der Waals surface area contributed by atoms with E-state index in [1.165, 1.54) is 23.9 Å². The Morgan fingerprint density at radius 3 is 2.66 bits per heavy atom. The Morgan fingerprint density at radius 1 is 1.28 bits per heavy atom. The van der Waals surface area contributed by atoms with Crippen molar-refractivity contribution in [3.05, 3.63) is 51.3 Å². The molecule has 1 saturated heterocycles. The monoisotopic (exact) mass is 417 g/mol. The van der Waals surface area contributed by atoms with Crippen LogP contribution in [0.25, 0.3) is 0 Å². The predicted molar refractivity (Wildman–Crippen MR) is 110 cm³/mol. The molecule has 2 aromatic rings. The van der Waals surface area contributed by atoms with Crippen LogP contribution in [0.5, 0.6) is 0 Å². The number of nitrogens with one attached hydrogen (secondary N) is 2. The number of fused-ring (bicyclic) bond motifs is 1. The summed E-state index contributed by atoms with van der Waals surface area (Å²) < 4.78 is 7.57. The molecule has 3 N–H and O–H groups in total. The number of thioether (sulfide) groups is 1. The van der Waals surface area contributed by atoms with E-state index in [-0.39, 0.29) is 39.7 Å². The van der Waals surface area contributed by atoms with Crippen LogP contribution in [0.15, 0.2) is 29.1 Å². The van der Waals surface area contributed by atoms with Crippen LogP contribution < -0.4 is 10.9 Å². The molecule has 1 aromatic heterocycles. The highest BCUT2D eigenvalue weighted by Crippen LogP contribution is 2.42. The molecule has 2 aliphatic heterocycles. The van der Waals surface area contributed by atoms with Crippen molar-refractivity contribution in [1.82, 2.24) is 9.78 Å². The summed E-state index contributed by atoms with van der Waals surface area (Å²) in [7, 11) is 0. The summed E-state index contributed by atoms with van der Waals surface area (Å²) in [5, 5.41) is 14.6. The minimum atomic E-state index is -1.01. The van der Waals surface area contributed by atoms with Crippen LogP contribution in [0.3, 0.4) is 0 Å². The van der Waals surface area contributed by atoms with E-state index in [9.17, 15) is 14.4 Å². The number of ether oxygens (including phenoxy) is 1. The molecule has 1 aromatic carbocycles. The number of aromatic carboxylic acids is 1.